The molecule has 2 aromatic carbocycles. The zero-order valence-corrected chi connectivity index (χ0v) is 10.4. The first-order valence-electron chi connectivity index (χ1n) is 5.32. The number of aromatic hydroxyl groups is 1. The van der Waals surface area contributed by atoms with E-state index in [-0.39, 0.29) is 11.3 Å². The summed E-state index contributed by atoms with van der Waals surface area (Å²) in [6.07, 6.45) is 0. The number of carboxylic acid groups (broad SMARTS) is 1. The molecule has 2 aromatic rings. The van der Waals surface area contributed by atoms with Crippen LogP contribution in [0.2, 0.25) is 5.02 Å². The second-order valence-electron chi connectivity index (χ2n) is 3.95. The molecule has 0 saturated carbocycles. The molecule has 0 aliphatic rings. The van der Waals surface area contributed by atoms with Crippen LogP contribution in [0, 0.1) is 6.92 Å². The minimum atomic E-state index is -1.15. The largest absolute Gasteiger partial charge is 0.507 e. The van der Waals surface area contributed by atoms with Crippen LogP contribution in [-0.2, 0) is 0 Å². The Morgan fingerprint density at radius 2 is 1.94 bits per heavy atom. The third-order valence-corrected chi connectivity index (χ3v) is 3.22. The molecule has 0 fully saturated rings. The molecule has 0 unspecified atom stereocenters. The van der Waals surface area contributed by atoms with Gasteiger partial charge in [0, 0.05) is 5.02 Å². The fourth-order valence-electron chi connectivity index (χ4n) is 1.80. The van der Waals surface area contributed by atoms with Gasteiger partial charge in [0.15, 0.2) is 0 Å². The molecule has 0 aromatic heterocycles. The van der Waals surface area contributed by atoms with Crippen molar-refractivity contribution >= 4 is 17.6 Å². The first kappa shape index (κ1) is 12.5. The summed E-state index contributed by atoms with van der Waals surface area (Å²) in [6, 6.07) is 9.94. The summed E-state index contributed by atoms with van der Waals surface area (Å²) in [5.41, 5.74) is 2.38. The van der Waals surface area contributed by atoms with E-state index >= 15 is 0 Å². The zero-order valence-electron chi connectivity index (χ0n) is 9.64. The minimum Gasteiger partial charge on any atom is -0.507 e. The van der Waals surface area contributed by atoms with Crippen molar-refractivity contribution in [2.75, 3.05) is 0 Å². The number of aromatic carboxylic acids is 1. The Kier molecular flexibility index (Phi) is 3.26. The summed E-state index contributed by atoms with van der Waals surface area (Å²) in [7, 11) is 0. The topological polar surface area (TPSA) is 57.5 Å². The lowest BCUT2D eigenvalue weighted by atomic mass is 9.99. The third kappa shape index (κ3) is 2.17. The molecule has 0 aliphatic carbocycles. The van der Waals surface area contributed by atoms with Crippen molar-refractivity contribution in [1.82, 2.24) is 0 Å². The molecule has 92 valence electrons. The Balaban J connectivity index is 2.56. The number of rotatable bonds is 2. The van der Waals surface area contributed by atoms with Gasteiger partial charge in [-0.25, -0.2) is 4.79 Å². The normalized spacial score (nSPS) is 10.3. The van der Waals surface area contributed by atoms with E-state index in [1.54, 1.807) is 12.1 Å². The van der Waals surface area contributed by atoms with Crippen molar-refractivity contribution in [1.29, 1.82) is 0 Å². The van der Waals surface area contributed by atoms with Crippen LogP contribution in [0.1, 0.15) is 15.9 Å². The van der Waals surface area contributed by atoms with E-state index in [1.165, 1.54) is 12.1 Å². The van der Waals surface area contributed by atoms with Gasteiger partial charge in [-0.15, -0.1) is 0 Å². The summed E-state index contributed by atoms with van der Waals surface area (Å²) < 4.78 is 0. The van der Waals surface area contributed by atoms with Crippen LogP contribution in [0.15, 0.2) is 36.4 Å². The van der Waals surface area contributed by atoms with Crippen LogP contribution in [0.5, 0.6) is 5.75 Å². The number of benzene rings is 2. The Labute approximate surface area is 109 Å². The van der Waals surface area contributed by atoms with E-state index in [9.17, 15) is 9.90 Å². The molecule has 18 heavy (non-hydrogen) atoms. The van der Waals surface area contributed by atoms with E-state index in [0.717, 1.165) is 16.7 Å². The second kappa shape index (κ2) is 4.70. The number of carbonyl (C=O) groups is 1. The van der Waals surface area contributed by atoms with Crippen LogP contribution in [0.4, 0.5) is 0 Å². The predicted octanol–water partition coefficient (Wildman–Crippen LogP) is 3.72. The quantitative estimate of drug-likeness (QED) is 0.867. The van der Waals surface area contributed by atoms with Gasteiger partial charge in [0.25, 0.3) is 0 Å². The molecule has 0 amide bonds. The van der Waals surface area contributed by atoms with E-state index in [4.69, 9.17) is 16.7 Å². The first-order chi connectivity index (χ1) is 8.50. The van der Waals surface area contributed by atoms with Crippen molar-refractivity contribution in [3.05, 3.63) is 52.5 Å². The number of hydrogen-bond acceptors (Lipinski definition) is 2. The molecule has 2 N–H and O–H groups in total. The average Bonchev–Trinajstić information content (AvgIpc) is 2.32. The van der Waals surface area contributed by atoms with Crippen molar-refractivity contribution < 1.29 is 15.0 Å². The Hall–Kier alpha value is -2.00. The smallest absolute Gasteiger partial charge is 0.339 e. The molecule has 3 nitrogen and oxygen atoms in total. The van der Waals surface area contributed by atoms with E-state index < -0.39 is 5.97 Å². The third-order valence-electron chi connectivity index (χ3n) is 2.81. The first-order valence-corrected chi connectivity index (χ1v) is 5.70. The van der Waals surface area contributed by atoms with Crippen molar-refractivity contribution in [2.45, 2.75) is 6.92 Å². The number of phenols is 1. The van der Waals surface area contributed by atoms with Crippen LogP contribution < -0.4 is 0 Å². The van der Waals surface area contributed by atoms with Gasteiger partial charge in [-0.1, -0.05) is 29.8 Å². The van der Waals surface area contributed by atoms with Gasteiger partial charge in [0.05, 0.1) is 0 Å². The minimum absolute atomic E-state index is 0.113. The Morgan fingerprint density at radius 1 is 1.22 bits per heavy atom. The van der Waals surface area contributed by atoms with Gasteiger partial charge >= 0.3 is 5.97 Å². The highest BCUT2D eigenvalue weighted by molar-refractivity contribution is 6.31. The zero-order chi connectivity index (χ0) is 13.3. The Bertz CT molecular complexity index is 620. The molecule has 0 saturated heterocycles. The van der Waals surface area contributed by atoms with E-state index in [1.807, 2.05) is 19.1 Å². The SMILES string of the molecule is Cc1c(Cl)cccc1-c1ccc(C(=O)O)c(O)c1. The molecule has 0 radical (unpaired) electrons. The van der Waals surface area contributed by atoms with Gasteiger partial charge in [0.1, 0.15) is 11.3 Å². The number of hydrogen-bond donors (Lipinski definition) is 2. The van der Waals surface area contributed by atoms with Crippen LogP contribution >= 0.6 is 11.6 Å². The lowest BCUT2D eigenvalue weighted by Crippen LogP contribution is -1.96. The molecular formula is C14H11ClO3. The molecule has 0 atom stereocenters. The summed E-state index contributed by atoms with van der Waals surface area (Å²) >= 11 is 6.03. The predicted molar refractivity (Wildman–Crippen MR) is 70.2 cm³/mol. The molecule has 0 bridgehead atoms. The lowest BCUT2D eigenvalue weighted by Gasteiger charge is -2.09. The highest BCUT2D eigenvalue weighted by Gasteiger charge is 2.12. The standard InChI is InChI=1S/C14H11ClO3/c1-8-10(3-2-4-12(8)15)9-5-6-11(14(17)18)13(16)7-9/h2-7,16H,1H3,(H,17,18). The highest BCUT2D eigenvalue weighted by Crippen LogP contribution is 2.31. The van der Waals surface area contributed by atoms with Gasteiger partial charge < -0.3 is 10.2 Å². The number of carboxylic acids is 1. The second-order valence-corrected chi connectivity index (χ2v) is 4.36. The molecular weight excluding hydrogens is 252 g/mol. The van der Waals surface area contributed by atoms with E-state index in [2.05, 4.69) is 0 Å². The van der Waals surface area contributed by atoms with Crippen LogP contribution in [0.25, 0.3) is 11.1 Å². The maximum Gasteiger partial charge on any atom is 0.339 e. The van der Waals surface area contributed by atoms with Crippen LogP contribution in [0.3, 0.4) is 0 Å². The van der Waals surface area contributed by atoms with E-state index in [0.29, 0.717) is 5.02 Å². The highest BCUT2D eigenvalue weighted by atomic mass is 35.5. The van der Waals surface area contributed by atoms with Gasteiger partial charge in [-0.05, 0) is 41.8 Å². The lowest BCUT2D eigenvalue weighted by molar-refractivity contribution is 0.0694. The maximum absolute atomic E-state index is 10.8. The average molecular weight is 263 g/mol. The fraction of sp³-hybridized carbons (Fsp3) is 0.0714. The maximum atomic E-state index is 10.8. The summed E-state index contributed by atoms with van der Waals surface area (Å²) in [5, 5.41) is 19.1. The summed E-state index contributed by atoms with van der Waals surface area (Å²) in [4.78, 5) is 10.8. The van der Waals surface area contributed by atoms with Crippen molar-refractivity contribution in [3.63, 3.8) is 0 Å². The monoisotopic (exact) mass is 262 g/mol. The van der Waals surface area contributed by atoms with Crippen molar-refractivity contribution in [3.8, 4) is 16.9 Å². The fourth-order valence-corrected chi connectivity index (χ4v) is 1.97. The van der Waals surface area contributed by atoms with Gasteiger partial charge in [-0.2, -0.15) is 0 Å². The molecule has 0 heterocycles. The van der Waals surface area contributed by atoms with Crippen LogP contribution in [-0.4, -0.2) is 16.2 Å². The summed E-state index contributed by atoms with van der Waals surface area (Å²) in [6.45, 7) is 1.87. The Morgan fingerprint density at radius 3 is 2.56 bits per heavy atom. The van der Waals surface area contributed by atoms with Crippen molar-refractivity contribution in [2.24, 2.45) is 0 Å². The van der Waals surface area contributed by atoms with Gasteiger partial charge in [0.2, 0.25) is 0 Å². The molecule has 4 heteroatoms. The molecule has 0 spiro atoms. The summed E-state index contributed by atoms with van der Waals surface area (Å²) in [5.74, 6) is -1.40. The molecule has 0 aliphatic heterocycles. The number of halogens is 1. The van der Waals surface area contributed by atoms with Gasteiger partial charge in [-0.3, -0.25) is 0 Å². The molecule has 2 rings (SSSR count).